The lowest BCUT2D eigenvalue weighted by atomic mass is 10.0. The van der Waals surface area contributed by atoms with Crippen molar-refractivity contribution >= 4 is 23.1 Å². The van der Waals surface area contributed by atoms with E-state index < -0.39 is 22.8 Å². The zero-order valence-electron chi connectivity index (χ0n) is 19.2. The molecular formula is C22H27N7O4. The molecule has 174 valence electrons. The number of nitrogens with zero attached hydrogens (tertiary/aromatic N) is 5. The maximum atomic E-state index is 13.1. The van der Waals surface area contributed by atoms with Crippen molar-refractivity contribution in [2.24, 2.45) is 14.1 Å². The topological polar surface area (TPSA) is 134 Å². The van der Waals surface area contributed by atoms with Gasteiger partial charge in [0.1, 0.15) is 17.7 Å². The van der Waals surface area contributed by atoms with E-state index in [-0.39, 0.29) is 28.9 Å². The van der Waals surface area contributed by atoms with Crippen molar-refractivity contribution in [3.63, 3.8) is 0 Å². The van der Waals surface area contributed by atoms with Gasteiger partial charge < -0.3 is 20.6 Å². The lowest BCUT2D eigenvalue weighted by Gasteiger charge is -2.22. The average Bonchev–Trinajstić information content (AvgIpc) is 2.82. The van der Waals surface area contributed by atoms with Crippen LogP contribution >= 0.6 is 0 Å². The Morgan fingerprint density at radius 3 is 2.24 bits per heavy atom. The molecule has 0 aliphatic heterocycles. The van der Waals surface area contributed by atoms with Crippen LogP contribution in [0.15, 0.2) is 46.2 Å². The number of amides is 1. The monoisotopic (exact) mass is 453 g/mol. The molecule has 11 nitrogen and oxygen atoms in total. The first-order valence-electron chi connectivity index (χ1n) is 10.3. The minimum absolute atomic E-state index is 0.0230. The van der Waals surface area contributed by atoms with Crippen LogP contribution in [0.4, 0.5) is 17.2 Å². The standard InChI is InChI=1S/C22H27N7O4/c1-6-14(13-10-8-7-9-11-13)25-15-16(22(33)29(5)28(4)21(15)32)26-19-18(30)17(23-12-24-19)20(31)27(2)3/h7-12,14,25,30H,6H2,1-5H3,(H,23,24,26)/t14-/m1/s1. The summed E-state index contributed by atoms with van der Waals surface area (Å²) < 4.78 is 2.33. The van der Waals surface area contributed by atoms with Gasteiger partial charge in [0.15, 0.2) is 17.3 Å². The highest BCUT2D eigenvalue weighted by Gasteiger charge is 2.24. The van der Waals surface area contributed by atoms with Crippen molar-refractivity contribution in [3.8, 4) is 5.75 Å². The smallest absolute Gasteiger partial charge is 0.291 e. The molecular weight excluding hydrogens is 426 g/mol. The van der Waals surface area contributed by atoms with Crippen molar-refractivity contribution in [2.75, 3.05) is 24.7 Å². The second kappa shape index (κ2) is 9.55. The maximum absolute atomic E-state index is 13.1. The number of nitrogens with one attached hydrogen (secondary N) is 2. The van der Waals surface area contributed by atoms with Crippen molar-refractivity contribution in [3.05, 3.63) is 68.6 Å². The van der Waals surface area contributed by atoms with Gasteiger partial charge in [-0.2, -0.15) is 0 Å². The fourth-order valence-electron chi connectivity index (χ4n) is 3.30. The number of aromatic hydroxyl groups is 1. The molecule has 0 saturated heterocycles. The number of carbonyl (C=O) groups excluding carboxylic acids is 1. The fraction of sp³-hybridized carbons (Fsp3) is 0.318. The van der Waals surface area contributed by atoms with Crippen LogP contribution in [-0.4, -0.2) is 49.3 Å². The number of rotatable bonds is 7. The predicted molar refractivity (Wildman–Crippen MR) is 125 cm³/mol. The molecule has 2 aromatic heterocycles. The van der Waals surface area contributed by atoms with Crippen LogP contribution in [0, 0.1) is 0 Å². The van der Waals surface area contributed by atoms with Crippen molar-refractivity contribution < 1.29 is 9.90 Å². The molecule has 0 fully saturated rings. The summed E-state index contributed by atoms with van der Waals surface area (Å²) in [5.41, 5.74) is -0.351. The van der Waals surface area contributed by atoms with Gasteiger partial charge in [-0.05, 0) is 12.0 Å². The molecule has 0 aliphatic rings. The molecule has 0 unspecified atom stereocenters. The van der Waals surface area contributed by atoms with Crippen molar-refractivity contribution in [2.45, 2.75) is 19.4 Å². The molecule has 3 rings (SSSR count). The van der Waals surface area contributed by atoms with Gasteiger partial charge in [0.05, 0.1) is 6.04 Å². The van der Waals surface area contributed by atoms with Gasteiger partial charge in [-0.25, -0.2) is 19.3 Å². The quantitative estimate of drug-likeness (QED) is 0.491. The van der Waals surface area contributed by atoms with E-state index in [0.29, 0.717) is 6.42 Å². The Labute approximate surface area is 190 Å². The Morgan fingerprint density at radius 2 is 1.67 bits per heavy atom. The molecule has 11 heteroatoms. The van der Waals surface area contributed by atoms with Gasteiger partial charge >= 0.3 is 0 Å². The van der Waals surface area contributed by atoms with Crippen LogP contribution in [-0.2, 0) is 14.1 Å². The molecule has 1 atom stereocenters. The molecule has 0 saturated carbocycles. The van der Waals surface area contributed by atoms with E-state index in [2.05, 4.69) is 20.6 Å². The van der Waals surface area contributed by atoms with Gasteiger partial charge in [0.25, 0.3) is 17.0 Å². The third-order valence-corrected chi connectivity index (χ3v) is 5.32. The zero-order chi connectivity index (χ0) is 24.3. The van der Waals surface area contributed by atoms with E-state index in [1.54, 1.807) is 0 Å². The second-order valence-corrected chi connectivity index (χ2v) is 7.67. The lowest BCUT2D eigenvalue weighted by Crippen LogP contribution is -2.38. The Hall–Kier alpha value is -4.15. The van der Waals surface area contributed by atoms with Crippen LogP contribution in [0.25, 0.3) is 0 Å². The first-order valence-corrected chi connectivity index (χ1v) is 10.3. The minimum atomic E-state index is -0.539. The molecule has 0 aliphatic carbocycles. The summed E-state index contributed by atoms with van der Waals surface area (Å²) in [6.07, 6.45) is 1.73. The summed E-state index contributed by atoms with van der Waals surface area (Å²) in [5.74, 6) is -1.24. The lowest BCUT2D eigenvalue weighted by molar-refractivity contribution is 0.0818. The van der Waals surface area contributed by atoms with E-state index in [9.17, 15) is 19.5 Å². The Balaban J connectivity index is 2.13. The minimum Gasteiger partial charge on any atom is -0.503 e. The van der Waals surface area contributed by atoms with E-state index in [1.807, 2.05) is 37.3 Å². The van der Waals surface area contributed by atoms with Gasteiger partial charge in [-0.1, -0.05) is 37.3 Å². The van der Waals surface area contributed by atoms with Crippen molar-refractivity contribution in [1.82, 2.24) is 24.2 Å². The Kier molecular flexibility index (Phi) is 6.80. The normalized spacial score (nSPS) is 11.7. The fourth-order valence-corrected chi connectivity index (χ4v) is 3.30. The van der Waals surface area contributed by atoms with E-state index in [1.165, 1.54) is 37.8 Å². The van der Waals surface area contributed by atoms with Crippen LogP contribution in [0.3, 0.4) is 0 Å². The summed E-state index contributed by atoms with van der Waals surface area (Å²) in [6, 6.07) is 9.28. The Morgan fingerprint density at radius 1 is 1.06 bits per heavy atom. The number of benzene rings is 1. The van der Waals surface area contributed by atoms with Gasteiger partial charge in [-0.15, -0.1) is 0 Å². The summed E-state index contributed by atoms with van der Waals surface area (Å²) in [7, 11) is 5.97. The molecule has 0 radical (unpaired) electrons. The largest absolute Gasteiger partial charge is 0.503 e. The molecule has 1 amide bonds. The maximum Gasteiger partial charge on any atom is 0.291 e. The highest BCUT2D eigenvalue weighted by Crippen LogP contribution is 2.29. The van der Waals surface area contributed by atoms with Crippen LogP contribution < -0.4 is 21.8 Å². The van der Waals surface area contributed by atoms with E-state index in [0.717, 1.165) is 16.6 Å². The zero-order valence-corrected chi connectivity index (χ0v) is 19.2. The van der Waals surface area contributed by atoms with Gasteiger partial charge in [-0.3, -0.25) is 14.4 Å². The summed E-state index contributed by atoms with van der Waals surface area (Å²) in [5, 5.41) is 16.5. The summed E-state index contributed by atoms with van der Waals surface area (Å²) in [4.78, 5) is 47.6. The highest BCUT2D eigenvalue weighted by molar-refractivity contribution is 5.96. The van der Waals surface area contributed by atoms with Gasteiger partial charge in [0.2, 0.25) is 0 Å². The first kappa shape index (κ1) is 23.5. The predicted octanol–water partition coefficient (Wildman–Crippen LogP) is 1.59. The number of hydrogen-bond donors (Lipinski definition) is 3. The number of anilines is 3. The van der Waals surface area contributed by atoms with E-state index in [4.69, 9.17) is 0 Å². The molecule has 1 aromatic carbocycles. The SMILES string of the molecule is CC[C@@H](Nc1c(Nc2ncnc(C(=O)N(C)C)c2O)c(=O)n(C)n(C)c1=O)c1ccccc1. The molecule has 3 aromatic rings. The highest BCUT2D eigenvalue weighted by atomic mass is 16.3. The first-order chi connectivity index (χ1) is 15.7. The Bertz CT molecular complexity index is 1280. The second-order valence-electron chi connectivity index (χ2n) is 7.67. The average molecular weight is 454 g/mol. The van der Waals surface area contributed by atoms with Gasteiger partial charge in [0, 0.05) is 28.2 Å². The summed E-state index contributed by atoms with van der Waals surface area (Å²) >= 11 is 0. The number of aromatic nitrogens is 4. The number of hydrogen-bond acceptors (Lipinski definition) is 8. The van der Waals surface area contributed by atoms with Crippen LogP contribution in [0.5, 0.6) is 5.75 Å². The van der Waals surface area contributed by atoms with Crippen LogP contribution in [0.1, 0.15) is 35.4 Å². The van der Waals surface area contributed by atoms with Crippen LogP contribution in [0.2, 0.25) is 0 Å². The molecule has 0 bridgehead atoms. The molecule has 0 spiro atoms. The van der Waals surface area contributed by atoms with E-state index >= 15 is 0 Å². The van der Waals surface area contributed by atoms with Crippen molar-refractivity contribution in [1.29, 1.82) is 0 Å². The third-order valence-electron chi connectivity index (χ3n) is 5.32. The third kappa shape index (κ3) is 4.56. The molecule has 3 N–H and O–H groups in total. The number of carbonyl (C=O) groups is 1. The summed E-state index contributed by atoms with van der Waals surface area (Å²) in [6.45, 7) is 1.96. The molecule has 2 heterocycles. The molecule has 33 heavy (non-hydrogen) atoms.